The molecule has 0 N–H and O–H groups in total. The fourth-order valence-corrected chi connectivity index (χ4v) is 1.63. The van der Waals surface area contributed by atoms with Gasteiger partial charge in [0.1, 0.15) is 6.61 Å². The number of aryl methyl sites for hydroxylation is 1. The van der Waals surface area contributed by atoms with Crippen molar-refractivity contribution in [2.24, 2.45) is 0 Å². The molecule has 0 aromatic carbocycles. The lowest BCUT2D eigenvalue weighted by Gasteiger charge is -1.99. The van der Waals surface area contributed by atoms with Crippen LogP contribution in [0.3, 0.4) is 0 Å². The molecule has 14 heavy (non-hydrogen) atoms. The molecule has 0 saturated heterocycles. The Morgan fingerprint density at radius 1 is 1.36 bits per heavy atom. The van der Waals surface area contributed by atoms with Crippen LogP contribution in [0.15, 0.2) is 24.5 Å². The molecule has 0 saturated carbocycles. The largest absolute Gasteiger partial charge is 0.458 e. The van der Waals surface area contributed by atoms with Crippen molar-refractivity contribution in [3.05, 3.63) is 35.1 Å². The van der Waals surface area contributed by atoms with E-state index >= 15 is 0 Å². The van der Waals surface area contributed by atoms with Crippen LogP contribution in [-0.4, -0.2) is 14.3 Å². The van der Waals surface area contributed by atoms with Gasteiger partial charge in [-0.05, 0) is 30.6 Å². The first-order valence-electron chi connectivity index (χ1n) is 4.16. The van der Waals surface area contributed by atoms with Crippen LogP contribution in [0.2, 0.25) is 0 Å². The van der Waals surface area contributed by atoms with Crippen LogP contribution in [0.5, 0.6) is 6.01 Å². The van der Waals surface area contributed by atoms with Gasteiger partial charge < -0.3 is 4.74 Å². The van der Waals surface area contributed by atoms with Gasteiger partial charge in [0.05, 0.1) is 10.6 Å². The average molecular weight is 207 g/mol. The fourth-order valence-electron chi connectivity index (χ4n) is 0.980. The first-order chi connectivity index (χ1) is 6.84. The lowest BCUT2D eigenvalue weighted by Crippen LogP contribution is -1.96. The molecule has 72 valence electrons. The third-order valence-corrected chi connectivity index (χ3v) is 2.41. The van der Waals surface area contributed by atoms with E-state index in [-0.39, 0.29) is 0 Å². The Balaban J connectivity index is 1.95. The van der Waals surface area contributed by atoms with Gasteiger partial charge in [0.2, 0.25) is 0 Å². The Bertz CT molecular complexity index is 401. The molecule has 2 rings (SSSR count). The molecule has 2 heterocycles. The van der Waals surface area contributed by atoms with E-state index in [1.807, 2.05) is 13.0 Å². The summed E-state index contributed by atoms with van der Waals surface area (Å²) < 4.78 is 9.50. The zero-order valence-electron chi connectivity index (χ0n) is 7.67. The SMILES string of the molecule is Cc1cc(COc2ncccn2)sn1. The highest BCUT2D eigenvalue weighted by atomic mass is 32.1. The van der Waals surface area contributed by atoms with Gasteiger partial charge in [0.25, 0.3) is 0 Å². The summed E-state index contributed by atoms with van der Waals surface area (Å²) in [6.07, 6.45) is 3.31. The van der Waals surface area contributed by atoms with Crippen molar-refractivity contribution in [2.75, 3.05) is 0 Å². The molecule has 0 amide bonds. The van der Waals surface area contributed by atoms with E-state index < -0.39 is 0 Å². The summed E-state index contributed by atoms with van der Waals surface area (Å²) in [6, 6.07) is 4.15. The third-order valence-electron chi connectivity index (χ3n) is 1.56. The van der Waals surface area contributed by atoms with E-state index in [1.54, 1.807) is 18.5 Å². The summed E-state index contributed by atoms with van der Waals surface area (Å²) in [6.45, 7) is 2.44. The highest BCUT2D eigenvalue weighted by molar-refractivity contribution is 7.05. The smallest absolute Gasteiger partial charge is 0.316 e. The molecule has 4 nitrogen and oxygen atoms in total. The maximum atomic E-state index is 5.35. The lowest BCUT2D eigenvalue weighted by molar-refractivity contribution is 0.284. The van der Waals surface area contributed by atoms with Crippen molar-refractivity contribution >= 4 is 11.5 Å². The van der Waals surface area contributed by atoms with E-state index in [0.29, 0.717) is 12.6 Å². The van der Waals surface area contributed by atoms with Crippen molar-refractivity contribution in [3.63, 3.8) is 0 Å². The van der Waals surface area contributed by atoms with Gasteiger partial charge in [-0.1, -0.05) is 0 Å². The Hall–Kier alpha value is -1.49. The molecule has 0 fully saturated rings. The van der Waals surface area contributed by atoms with Gasteiger partial charge in [-0.15, -0.1) is 0 Å². The first-order valence-corrected chi connectivity index (χ1v) is 4.94. The molecule has 0 atom stereocenters. The van der Waals surface area contributed by atoms with Crippen LogP contribution in [0.4, 0.5) is 0 Å². The van der Waals surface area contributed by atoms with Crippen LogP contribution < -0.4 is 4.74 Å². The van der Waals surface area contributed by atoms with Gasteiger partial charge in [0.15, 0.2) is 0 Å². The summed E-state index contributed by atoms with van der Waals surface area (Å²) in [5, 5.41) is 0. The summed E-state index contributed by atoms with van der Waals surface area (Å²) in [5.74, 6) is 0. The topological polar surface area (TPSA) is 47.9 Å². The maximum absolute atomic E-state index is 5.35. The quantitative estimate of drug-likeness (QED) is 0.770. The van der Waals surface area contributed by atoms with Crippen LogP contribution >= 0.6 is 11.5 Å². The van der Waals surface area contributed by atoms with Crippen LogP contribution in [0, 0.1) is 6.92 Å². The average Bonchev–Trinajstić information content (AvgIpc) is 2.63. The molecule has 0 aliphatic rings. The molecule has 0 aliphatic carbocycles. The van der Waals surface area contributed by atoms with Gasteiger partial charge >= 0.3 is 6.01 Å². The van der Waals surface area contributed by atoms with E-state index in [0.717, 1.165) is 10.6 Å². The second-order valence-corrected chi connectivity index (χ2v) is 3.64. The molecule has 0 unspecified atom stereocenters. The summed E-state index contributed by atoms with van der Waals surface area (Å²) in [5.41, 5.74) is 1.02. The van der Waals surface area contributed by atoms with Gasteiger partial charge in [-0.25, -0.2) is 9.97 Å². The Kier molecular flexibility index (Phi) is 2.69. The molecule has 2 aromatic heterocycles. The van der Waals surface area contributed by atoms with E-state index in [2.05, 4.69) is 14.3 Å². The predicted octanol–water partition coefficient (Wildman–Crippen LogP) is 1.82. The zero-order chi connectivity index (χ0) is 9.80. The fraction of sp³-hybridized carbons (Fsp3) is 0.222. The van der Waals surface area contributed by atoms with Gasteiger partial charge in [-0.3, -0.25) is 0 Å². The highest BCUT2D eigenvalue weighted by Crippen LogP contribution is 2.11. The Morgan fingerprint density at radius 2 is 2.14 bits per heavy atom. The number of rotatable bonds is 3. The highest BCUT2D eigenvalue weighted by Gasteiger charge is 2.00. The molecule has 2 aromatic rings. The minimum atomic E-state index is 0.401. The first kappa shape index (κ1) is 9.08. The van der Waals surface area contributed by atoms with Crippen LogP contribution in [-0.2, 0) is 6.61 Å². The van der Waals surface area contributed by atoms with Crippen molar-refractivity contribution in [3.8, 4) is 6.01 Å². The molecule has 0 aliphatic heterocycles. The summed E-state index contributed by atoms with van der Waals surface area (Å²) in [7, 11) is 0. The second kappa shape index (κ2) is 4.15. The van der Waals surface area contributed by atoms with E-state index in [1.165, 1.54) is 11.5 Å². The van der Waals surface area contributed by atoms with Crippen molar-refractivity contribution in [1.82, 2.24) is 14.3 Å². The predicted molar refractivity (Wildman–Crippen MR) is 53.2 cm³/mol. The minimum Gasteiger partial charge on any atom is -0.458 e. The number of ether oxygens (including phenoxy) is 1. The number of aromatic nitrogens is 3. The minimum absolute atomic E-state index is 0.401. The molecular formula is C9H9N3OS. The normalized spacial score (nSPS) is 10.1. The van der Waals surface area contributed by atoms with Crippen molar-refractivity contribution < 1.29 is 4.74 Å². The third kappa shape index (κ3) is 2.26. The van der Waals surface area contributed by atoms with Crippen molar-refractivity contribution in [2.45, 2.75) is 13.5 Å². The van der Waals surface area contributed by atoms with Gasteiger partial charge in [0, 0.05) is 12.4 Å². The lowest BCUT2D eigenvalue weighted by atomic mass is 10.4. The Morgan fingerprint density at radius 3 is 2.79 bits per heavy atom. The van der Waals surface area contributed by atoms with Crippen LogP contribution in [0.1, 0.15) is 10.6 Å². The molecule has 0 bridgehead atoms. The standard InChI is InChI=1S/C9H9N3OS/c1-7-5-8(14-12-7)6-13-9-10-3-2-4-11-9/h2-5H,6H2,1H3. The monoisotopic (exact) mass is 207 g/mol. The Labute approximate surface area is 85.8 Å². The number of hydrogen-bond acceptors (Lipinski definition) is 5. The number of hydrogen-bond donors (Lipinski definition) is 0. The summed E-state index contributed by atoms with van der Waals surface area (Å²) >= 11 is 1.44. The van der Waals surface area contributed by atoms with E-state index in [9.17, 15) is 0 Å². The van der Waals surface area contributed by atoms with Gasteiger partial charge in [-0.2, -0.15) is 4.37 Å². The second-order valence-electron chi connectivity index (χ2n) is 2.75. The molecule has 0 spiro atoms. The van der Waals surface area contributed by atoms with E-state index in [4.69, 9.17) is 4.74 Å². The van der Waals surface area contributed by atoms with Crippen molar-refractivity contribution in [1.29, 1.82) is 0 Å². The zero-order valence-corrected chi connectivity index (χ0v) is 8.49. The summed E-state index contributed by atoms with van der Waals surface area (Å²) in [4.78, 5) is 8.98. The molecular weight excluding hydrogens is 198 g/mol. The molecule has 5 heteroatoms. The maximum Gasteiger partial charge on any atom is 0.316 e. The number of nitrogens with zero attached hydrogens (tertiary/aromatic N) is 3. The molecule has 0 radical (unpaired) electrons. The van der Waals surface area contributed by atoms with Crippen LogP contribution in [0.25, 0.3) is 0 Å².